The molecule has 13 heavy (non-hydrogen) atoms. The van der Waals surface area contributed by atoms with E-state index in [2.05, 4.69) is 0 Å². The highest BCUT2D eigenvalue weighted by molar-refractivity contribution is 5.67. The van der Waals surface area contributed by atoms with Crippen LogP contribution in [-0.4, -0.2) is 42.4 Å². The largest absolute Gasteiger partial charge is 0.443 e. The summed E-state index contributed by atoms with van der Waals surface area (Å²) in [5, 5.41) is 9.50. The number of carbonyl (C=O) groups excluding carboxylic acids is 1. The van der Waals surface area contributed by atoms with Crippen LogP contribution >= 0.6 is 0 Å². The van der Waals surface area contributed by atoms with Gasteiger partial charge in [0.05, 0.1) is 6.10 Å². The molecule has 0 saturated heterocycles. The average molecular weight is 187 g/mol. The molecule has 0 spiro atoms. The number of aliphatic hydroxyl groups is 1. The molecule has 0 unspecified atom stereocenters. The van der Waals surface area contributed by atoms with Gasteiger partial charge in [-0.15, -0.1) is 0 Å². The summed E-state index contributed by atoms with van der Waals surface area (Å²) in [6, 6.07) is 0. The van der Waals surface area contributed by atoms with Crippen molar-refractivity contribution in [3.8, 4) is 0 Å². The van der Waals surface area contributed by atoms with Crippen molar-refractivity contribution >= 4 is 6.09 Å². The van der Waals surface area contributed by atoms with Gasteiger partial charge in [-0.3, -0.25) is 0 Å². The highest BCUT2D eigenvalue weighted by atomic mass is 16.6. The standard InChI is InChI=1S/C9H17NO3/c1-10(2)9(12)13-8-6-4-3-5-7(8)11/h7-8,11H,3-6H2,1-2H3/t7-,8-/m0/s1. The molecule has 0 heterocycles. The van der Waals surface area contributed by atoms with Gasteiger partial charge in [-0.25, -0.2) is 4.79 Å². The number of ether oxygens (including phenoxy) is 1. The summed E-state index contributed by atoms with van der Waals surface area (Å²) in [4.78, 5) is 12.5. The summed E-state index contributed by atoms with van der Waals surface area (Å²) in [5.74, 6) is 0. The second-order valence-corrected chi connectivity index (χ2v) is 3.67. The van der Waals surface area contributed by atoms with Crippen LogP contribution in [0.1, 0.15) is 25.7 Å². The number of hydrogen-bond donors (Lipinski definition) is 1. The number of aliphatic hydroxyl groups excluding tert-OH is 1. The van der Waals surface area contributed by atoms with Crippen LogP contribution in [0.2, 0.25) is 0 Å². The molecule has 2 atom stereocenters. The van der Waals surface area contributed by atoms with Crippen LogP contribution in [0.4, 0.5) is 4.79 Å². The zero-order valence-electron chi connectivity index (χ0n) is 8.19. The van der Waals surface area contributed by atoms with Gasteiger partial charge < -0.3 is 14.7 Å². The Kier molecular flexibility index (Phi) is 3.54. The SMILES string of the molecule is CN(C)C(=O)O[C@H]1CCCC[C@@H]1O. The topological polar surface area (TPSA) is 49.8 Å². The van der Waals surface area contributed by atoms with Gasteiger partial charge in [0.25, 0.3) is 0 Å². The molecule has 1 aliphatic carbocycles. The lowest BCUT2D eigenvalue weighted by molar-refractivity contribution is -0.0291. The highest BCUT2D eigenvalue weighted by Crippen LogP contribution is 2.21. The zero-order valence-corrected chi connectivity index (χ0v) is 8.19. The Labute approximate surface area is 78.5 Å². The molecule has 4 nitrogen and oxygen atoms in total. The normalized spacial score (nSPS) is 28.2. The monoisotopic (exact) mass is 187 g/mol. The van der Waals surface area contributed by atoms with E-state index in [4.69, 9.17) is 4.74 Å². The average Bonchev–Trinajstić information content (AvgIpc) is 2.08. The number of hydrogen-bond acceptors (Lipinski definition) is 3. The van der Waals surface area contributed by atoms with Crippen LogP contribution in [0.25, 0.3) is 0 Å². The molecule has 76 valence electrons. The minimum absolute atomic E-state index is 0.302. The first-order valence-electron chi connectivity index (χ1n) is 4.67. The Hall–Kier alpha value is -0.770. The van der Waals surface area contributed by atoms with Gasteiger partial charge in [-0.05, 0) is 19.3 Å². The van der Waals surface area contributed by atoms with E-state index in [-0.39, 0.29) is 12.2 Å². The molecule has 1 aliphatic rings. The first-order valence-corrected chi connectivity index (χ1v) is 4.67. The lowest BCUT2D eigenvalue weighted by Crippen LogP contribution is -2.37. The van der Waals surface area contributed by atoms with E-state index in [1.807, 2.05) is 0 Å². The third-order valence-corrected chi connectivity index (χ3v) is 2.29. The summed E-state index contributed by atoms with van der Waals surface area (Å²) < 4.78 is 5.10. The van der Waals surface area contributed by atoms with Crippen molar-refractivity contribution in [3.63, 3.8) is 0 Å². The van der Waals surface area contributed by atoms with Crippen molar-refractivity contribution in [1.82, 2.24) is 4.90 Å². The van der Waals surface area contributed by atoms with Gasteiger partial charge >= 0.3 is 6.09 Å². The van der Waals surface area contributed by atoms with E-state index in [1.54, 1.807) is 14.1 Å². The van der Waals surface area contributed by atoms with Crippen LogP contribution in [0.3, 0.4) is 0 Å². The van der Waals surface area contributed by atoms with Crippen LogP contribution in [0, 0.1) is 0 Å². The number of nitrogens with zero attached hydrogens (tertiary/aromatic N) is 1. The summed E-state index contributed by atoms with van der Waals surface area (Å²) >= 11 is 0. The van der Waals surface area contributed by atoms with Gasteiger partial charge in [0.1, 0.15) is 6.10 Å². The van der Waals surface area contributed by atoms with Crippen molar-refractivity contribution in [2.24, 2.45) is 0 Å². The molecular weight excluding hydrogens is 170 g/mol. The highest BCUT2D eigenvalue weighted by Gasteiger charge is 2.26. The van der Waals surface area contributed by atoms with E-state index in [0.717, 1.165) is 25.7 Å². The van der Waals surface area contributed by atoms with Crippen molar-refractivity contribution < 1.29 is 14.6 Å². The van der Waals surface area contributed by atoms with Crippen LogP contribution in [0.5, 0.6) is 0 Å². The van der Waals surface area contributed by atoms with Crippen LogP contribution in [0.15, 0.2) is 0 Å². The summed E-state index contributed by atoms with van der Waals surface area (Å²) in [5.41, 5.74) is 0. The van der Waals surface area contributed by atoms with Crippen LogP contribution in [-0.2, 0) is 4.74 Å². The Balaban J connectivity index is 2.38. The summed E-state index contributed by atoms with van der Waals surface area (Å²) in [7, 11) is 3.27. The number of carbonyl (C=O) groups is 1. The van der Waals surface area contributed by atoms with Gasteiger partial charge in [0.15, 0.2) is 0 Å². The maximum Gasteiger partial charge on any atom is 0.409 e. The van der Waals surface area contributed by atoms with Crippen molar-refractivity contribution in [1.29, 1.82) is 0 Å². The van der Waals surface area contributed by atoms with Gasteiger partial charge in [-0.2, -0.15) is 0 Å². The van der Waals surface area contributed by atoms with Gasteiger partial charge in [0, 0.05) is 14.1 Å². The molecule has 1 N–H and O–H groups in total. The lowest BCUT2D eigenvalue weighted by atomic mass is 9.95. The number of rotatable bonds is 1. The summed E-state index contributed by atoms with van der Waals surface area (Å²) in [6.45, 7) is 0. The fourth-order valence-corrected chi connectivity index (χ4v) is 1.45. The minimum atomic E-state index is -0.474. The Bertz CT molecular complexity index is 182. The molecule has 4 heteroatoms. The Morgan fingerprint density at radius 3 is 2.54 bits per heavy atom. The predicted molar refractivity (Wildman–Crippen MR) is 48.4 cm³/mol. The molecule has 0 aromatic heterocycles. The van der Waals surface area contributed by atoms with Gasteiger partial charge in [0.2, 0.25) is 0 Å². The molecule has 0 bridgehead atoms. The molecule has 1 fully saturated rings. The molecule has 0 aromatic rings. The predicted octanol–water partition coefficient (Wildman–Crippen LogP) is 0.988. The minimum Gasteiger partial charge on any atom is -0.443 e. The first-order chi connectivity index (χ1) is 6.11. The fraction of sp³-hybridized carbons (Fsp3) is 0.889. The molecule has 0 radical (unpaired) electrons. The van der Waals surface area contributed by atoms with Crippen LogP contribution < -0.4 is 0 Å². The maximum absolute atomic E-state index is 11.1. The molecule has 1 saturated carbocycles. The Morgan fingerprint density at radius 1 is 1.38 bits per heavy atom. The zero-order chi connectivity index (χ0) is 9.84. The summed E-state index contributed by atoms with van der Waals surface area (Å²) in [6.07, 6.45) is 2.43. The third kappa shape index (κ3) is 2.88. The van der Waals surface area contributed by atoms with E-state index < -0.39 is 6.10 Å². The number of amides is 1. The molecule has 1 rings (SSSR count). The molecule has 1 amide bonds. The second kappa shape index (κ2) is 4.46. The maximum atomic E-state index is 11.1. The molecule has 0 aliphatic heterocycles. The van der Waals surface area contributed by atoms with Crippen molar-refractivity contribution in [2.75, 3.05) is 14.1 Å². The third-order valence-electron chi connectivity index (χ3n) is 2.29. The van der Waals surface area contributed by atoms with E-state index in [0.29, 0.717) is 0 Å². The molecule has 0 aromatic carbocycles. The Morgan fingerprint density at radius 2 is 2.00 bits per heavy atom. The lowest BCUT2D eigenvalue weighted by Gasteiger charge is -2.28. The second-order valence-electron chi connectivity index (χ2n) is 3.67. The quantitative estimate of drug-likeness (QED) is 0.666. The van der Waals surface area contributed by atoms with Crippen molar-refractivity contribution in [2.45, 2.75) is 37.9 Å². The van der Waals surface area contributed by atoms with E-state index in [1.165, 1.54) is 4.90 Å². The fourth-order valence-electron chi connectivity index (χ4n) is 1.45. The van der Waals surface area contributed by atoms with E-state index >= 15 is 0 Å². The smallest absolute Gasteiger partial charge is 0.409 e. The molecular formula is C9H17NO3. The van der Waals surface area contributed by atoms with Gasteiger partial charge in [-0.1, -0.05) is 6.42 Å². The van der Waals surface area contributed by atoms with E-state index in [9.17, 15) is 9.90 Å². The van der Waals surface area contributed by atoms with Crippen molar-refractivity contribution in [3.05, 3.63) is 0 Å². The first kappa shape index (κ1) is 10.3.